The smallest absolute Gasteiger partial charge is 0.283 e. The van der Waals surface area contributed by atoms with Crippen molar-refractivity contribution in [3.63, 3.8) is 0 Å². The highest BCUT2D eigenvalue weighted by atomic mass is 32.2. The van der Waals surface area contributed by atoms with Gasteiger partial charge in [0.05, 0.1) is 14.7 Å². The Labute approximate surface area is 160 Å². The summed E-state index contributed by atoms with van der Waals surface area (Å²) in [6.07, 6.45) is 0. The number of anilines is 1. The molecule has 0 bridgehead atoms. The average molecular weight is 392 g/mol. The van der Waals surface area contributed by atoms with Crippen molar-refractivity contribution >= 4 is 40.4 Å². The number of carbonyl (C=O) groups is 1. The van der Waals surface area contributed by atoms with Gasteiger partial charge < -0.3 is 5.32 Å². The van der Waals surface area contributed by atoms with Crippen molar-refractivity contribution in [2.45, 2.75) is 20.4 Å². The number of benzene rings is 1. The molecule has 138 valence electrons. The van der Waals surface area contributed by atoms with E-state index in [1.165, 1.54) is 11.6 Å². The number of thioether (sulfide) groups is 1. The van der Waals surface area contributed by atoms with Gasteiger partial charge in [-0.25, -0.2) is 0 Å². The molecule has 6 nitrogen and oxygen atoms in total. The summed E-state index contributed by atoms with van der Waals surface area (Å²) in [5, 5.41) is 13.9. The minimum Gasteiger partial charge on any atom is -0.321 e. The topological polar surface area (TPSA) is 75.5 Å². The van der Waals surface area contributed by atoms with Crippen LogP contribution in [-0.2, 0) is 6.54 Å². The zero-order chi connectivity index (χ0) is 18.7. The van der Waals surface area contributed by atoms with Crippen LogP contribution in [0.4, 0.5) is 11.4 Å². The number of thiophene rings is 1. The molecule has 26 heavy (non-hydrogen) atoms. The summed E-state index contributed by atoms with van der Waals surface area (Å²) in [6.45, 7) is 6.70. The average Bonchev–Trinajstić information content (AvgIpc) is 3.01. The molecule has 1 N–H and O–H groups in total. The standard InChI is InChI=1S/C18H21N3O3S2/c1-12-14(11-20-6-8-25-9-7-20)4-3-5-15(12)19-18(22)17-10-16(21(23)24)13(2)26-17/h3-5,10H,6-9,11H2,1-2H3,(H,19,22). The Kier molecular flexibility index (Phi) is 5.95. The maximum Gasteiger partial charge on any atom is 0.283 e. The zero-order valence-electron chi connectivity index (χ0n) is 14.8. The Hall–Kier alpha value is -1.90. The number of nitro groups is 1. The molecule has 8 heteroatoms. The number of hydrogen-bond acceptors (Lipinski definition) is 6. The van der Waals surface area contributed by atoms with Crippen molar-refractivity contribution in [2.24, 2.45) is 0 Å². The highest BCUT2D eigenvalue weighted by Gasteiger charge is 2.20. The Morgan fingerprint density at radius 1 is 1.31 bits per heavy atom. The molecule has 1 fully saturated rings. The van der Waals surface area contributed by atoms with Crippen molar-refractivity contribution in [3.05, 3.63) is 55.3 Å². The molecular weight excluding hydrogens is 370 g/mol. The Bertz CT molecular complexity index is 829. The quantitative estimate of drug-likeness (QED) is 0.614. The van der Waals surface area contributed by atoms with Crippen molar-refractivity contribution < 1.29 is 9.72 Å². The molecule has 0 aliphatic carbocycles. The predicted molar refractivity (Wildman–Crippen MR) is 107 cm³/mol. The third kappa shape index (κ3) is 4.25. The van der Waals surface area contributed by atoms with Gasteiger partial charge >= 0.3 is 0 Å². The number of nitrogens with zero attached hydrogens (tertiary/aromatic N) is 2. The highest BCUT2D eigenvalue weighted by molar-refractivity contribution is 7.99. The maximum absolute atomic E-state index is 12.5. The van der Waals surface area contributed by atoms with Crippen LogP contribution in [0.1, 0.15) is 25.7 Å². The molecule has 0 radical (unpaired) electrons. The maximum atomic E-state index is 12.5. The first-order chi connectivity index (χ1) is 12.5. The van der Waals surface area contributed by atoms with E-state index in [4.69, 9.17) is 0 Å². The highest BCUT2D eigenvalue weighted by Crippen LogP contribution is 2.29. The van der Waals surface area contributed by atoms with Gasteiger partial charge in [0.25, 0.3) is 11.6 Å². The molecule has 1 aromatic carbocycles. The van der Waals surface area contributed by atoms with Gasteiger partial charge in [-0.15, -0.1) is 11.3 Å². The monoisotopic (exact) mass is 391 g/mol. The minimum atomic E-state index is -0.453. The van der Waals surface area contributed by atoms with Gasteiger partial charge in [0.1, 0.15) is 0 Å². The van der Waals surface area contributed by atoms with Gasteiger partial charge in [0.15, 0.2) is 0 Å². The van der Waals surface area contributed by atoms with E-state index in [-0.39, 0.29) is 11.6 Å². The van der Waals surface area contributed by atoms with Gasteiger partial charge in [0, 0.05) is 42.9 Å². The summed E-state index contributed by atoms with van der Waals surface area (Å²) in [6, 6.07) is 7.25. The number of aryl methyl sites for hydroxylation is 1. The third-order valence-electron chi connectivity index (χ3n) is 4.50. The first-order valence-corrected chi connectivity index (χ1v) is 10.4. The fourth-order valence-electron chi connectivity index (χ4n) is 2.94. The molecule has 2 aromatic rings. The Morgan fingerprint density at radius 2 is 2.04 bits per heavy atom. The fraction of sp³-hybridized carbons (Fsp3) is 0.389. The Balaban J connectivity index is 1.75. The lowest BCUT2D eigenvalue weighted by atomic mass is 10.1. The lowest BCUT2D eigenvalue weighted by Gasteiger charge is -2.27. The summed E-state index contributed by atoms with van der Waals surface area (Å²) in [5.41, 5.74) is 2.99. The summed E-state index contributed by atoms with van der Waals surface area (Å²) in [7, 11) is 0. The molecule has 1 aromatic heterocycles. The van der Waals surface area contributed by atoms with Crippen molar-refractivity contribution in [1.29, 1.82) is 0 Å². The molecular formula is C18H21N3O3S2. The van der Waals surface area contributed by atoms with E-state index in [1.807, 2.05) is 30.8 Å². The number of nitrogens with one attached hydrogen (secondary N) is 1. The number of hydrogen-bond donors (Lipinski definition) is 1. The third-order valence-corrected chi connectivity index (χ3v) is 6.48. The molecule has 1 aliphatic heterocycles. The number of amides is 1. The van der Waals surface area contributed by atoms with Crippen LogP contribution in [0.5, 0.6) is 0 Å². The predicted octanol–water partition coefficient (Wildman–Crippen LogP) is 4.07. The molecule has 3 rings (SSSR count). The van der Waals surface area contributed by atoms with Crippen molar-refractivity contribution in [1.82, 2.24) is 4.90 Å². The van der Waals surface area contributed by atoms with E-state index >= 15 is 0 Å². The first kappa shape index (κ1) is 18.9. The lowest BCUT2D eigenvalue weighted by Crippen LogP contribution is -2.32. The second-order valence-corrected chi connectivity index (χ2v) is 8.72. The summed E-state index contributed by atoms with van der Waals surface area (Å²) < 4.78 is 0. The van der Waals surface area contributed by atoms with Crippen LogP contribution in [-0.4, -0.2) is 40.3 Å². The molecule has 0 atom stereocenters. The summed E-state index contributed by atoms with van der Waals surface area (Å²) in [5.74, 6) is 2.01. The lowest BCUT2D eigenvalue weighted by molar-refractivity contribution is -0.385. The van der Waals surface area contributed by atoms with Gasteiger partial charge in [0.2, 0.25) is 0 Å². The normalized spacial score (nSPS) is 15.0. The summed E-state index contributed by atoms with van der Waals surface area (Å²) >= 11 is 3.13. The van der Waals surface area contributed by atoms with Gasteiger partial charge in [-0.05, 0) is 31.0 Å². The van der Waals surface area contributed by atoms with Crippen LogP contribution < -0.4 is 5.32 Å². The van der Waals surface area contributed by atoms with Crippen LogP contribution in [0.25, 0.3) is 0 Å². The van der Waals surface area contributed by atoms with E-state index < -0.39 is 4.92 Å². The Morgan fingerprint density at radius 3 is 2.69 bits per heavy atom. The van der Waals surface area contributed by atoms with Crippen LogP contribution in [0.3, 0.4) is 0 Å². The van der Waals surface area contributed by atoms with Crippen molar-refractivity contribution in [3.8, 4) is 0 Å². The van der Waals surface area contributed by atoms with Crippen LogP contribution in [0.15, 0.2) is 24.3 Å². The van der Waals surface area contributed by atoms with Crippen LogP contribution in [0.2, 0.25) is 0 Å². The number of rotatable bonds is 5. The molecule has 0 unspecified atom stereocenters. The minimum absolute atomic E-state index is 0.00593. The van der Waals surface area contributed by atoms with Gasteiger partial charge in [-0.3, -0.25) is 19.8 Å². The second-order valence-electron chi connectivity index (χ2n) is 6.24. The molecule has 1 saturated heterocycles. The van der Waals surface area contributed by atoms with Crippen LogP contribution in [0, 0.1) is 24.0 Å². The summed E-state index contributed by atoms with van der Waals surface area (Å²) in [4.78, 5) is 26.4. The van der Waals surface area contributed by atoms with Gasteiger partial charge in [-0.2, -0.15) is 11.8 Å². The number of carbonyl (C=O) groups excluding carboxylic acids is 1. The first-order valence-electron chi connectivity index (χ1n) is 8.40. The van der Waals surface area contributed by atoms with Gasteiger partial charge in [-0.1, -0.05) is 12.1 Å². The SMILES string of the molecule is Cc1sc(C(=O)Nc2cccc(CN3CCSCC3)c2C)cc1[N+](=O)[O-]. The van der Waals surface area contributed by atoms with E-state index in [0.29, 0.717) is 9.75 Å². The van der Waals surface area contributed by atoms with Crippen molar-refractivity contribution in [2.75, 3.05) is 29.9 Å². The zero-order valence-corrected chi connectivity index (χ0v) is 16.4. The fourth-order valence-corrected chi connectivity index (χ4v) is 4.80. The van der Waals surface area contributed by atoms with E-state index in [2.05, 4.69) is 16.3 Å². The molecule has 0 spiro atoms. The van der Waals surface area contributed by atoms with E-state index in [9.17, 15) is 14.9 Å². The second kappa shape index (κ2) is 8.20. The molecule has 0 saturated carbocycles. The largest absolute Gasteiger partial charge is 0.321 e. The molecule has 2 heterocycles. The van der Waals surface area contributed by atoms with E-state index in [0.717, 1.165) is 53.7 Å². The molecule has 1 amide bonds. The molecule has 1 aliphatic rings. The van der Waals surface area contributed by atoms with E-state index in [1.54, 1.807) is 6.92 Å². The van der Waals surface area contributed by atoms with Crippen LogP contribution >= 0.6 is 23.1 Å².